The zero-order chi connectivity index (χ0) is 24.8. The number of para-hydroxylation sites is 1. The molecule has 1 aliphatic heterocycles. The van der Waals surface area contributed by atoms with Gasteiger partial charge in [-0.15, -0.1) is 0 Å². The van der Waals surface area contributed by atoms with Gasteiger partial charge in [-0.25, -0.2) is 13.8 Å². The summed E-state index contributed by atoms with van der Waals surface area (Å²) < 4.78 is 34.5. The van der Waals surface area contributed by atoms with E-state index in [1.807, 2.05) is 30.3 Å². The van der Waals surface area contributed by atoms with Crippen LogP contribution < -0.4 is 15.4 Å². The van der Waals surface area contributed by atoms with Gasteiger partial charge in [0.05, 0.1) is 11.4 Å². The van der Waals surface area contributed by atoms with E-state index in [-0.39, 0.29) is 23.4 Å². The minimum atomic E-state index is -0.785. The Labute approximate surface area is 206 Å². The van der Waals surface area contributed by atoms with E-state index in [2.05, 4.69) is 15.6 Å². The zero-order valence-corrected chi connectivity index (χ0v) is 19.4. The molecule has 7 nitrogen and oxygen atoms in total. The number of aliphatic imine (C=N–C) groups is 1. The van der Waals surface area contributed by atoms with Crippen molar-refractivity contribution < 1.29 is 23.4 Å². The van der Waals surface area contributed by atoms with E-state index < -0.39 is 29.7 Å². The molecule has 3 saturated carbocycles. The lowest BCUT2D eigenvalue weighted by molar-refractivity contribution is -0.149. The summed E-state index contributed by atoms with van der Waals surface area (Å²) in [4.78, 5) is 19.8. The minimum Gasteiger partial charge on any atom is -0.481 e. The zero-order valence-electron chi connectivity index (χ0n) is 19.4. The van der Waals surface area contributed by atoms with E-state index in [0.29, 0.717) is 28.4 Å². The largest absolute Gasteiger partial charge is 0.481 e. The summed E-state index contributed by atoms with van der Waals surface area (Å²) >= 11 is 0. The second-order valence-corrected chi connectivity index (χ2v) is 9.74. The normalized spacial score (nSPS) is 27.3. The molecule has 0 spiro atoms. The van der Waals surface area contributed by atoms with Crippen molar-refractivity contribution >= 4 is 22.7 Å². The molecule has 2 heterocycles. The van der Waals surface area contributed by atoms with Crippen molar-refractivity contribution in [1.29, 1.82) is 0 Å². The number of aromatic nitrogens is 1. The molecule has 3 fully saturated rings. The van der Waals surface area contributed by atoms with Crippen LogP contribution in [0.15, 0.2) is 65.6 Å². The molecule has 0 radical (unpaired) electrons. The van der Waals surface area contributed by atoms with Gasteiger partial charge in [-0.3, -0.25) is 10.1 Å². The quantitative estimate of drug-likeness (QED) is 0.406. The number of nitrogens with zero attached hydrogens (tertiary/aromatic N) is 1. The number of hydrogen-bond donors (Lipinski definition) is 4. The number of halogens is 2. The van der Waals surface area contributed by atoms with Gasteiger partial charge in [-0.1, -0.05) is 18.2 Å². The second kappa shape index (κ2) is 9.05. The smallest absolute Gasteiger partial charge is 0.308 e. The van der Waals surface area contributed by atoms with Crippen LogP contribution in [0.25, 0.3) is 10.9 Å². The molecule has 0 saturated heterocycles. The van der Waals surface area contributed by atoms with E-state index in [0.717, 1.165) is 31.7 Å². The number of aromatic amines is 1. The monoisotopic (exact) mass is 492 g/mol. The summed E-state index contributed by atoms with van der Waals surface area (Å²) in [6.07, 6.45) is 6.61. The van der Waals surface area contributed by atoms with E-state index in [9.17, 15) is 18.7 Å². The van der Waals surface area contributed by atoms with E-state index in [4.69, 9.17) is 9.73 Å². The third kappa shape index (κ3) is 4.13. The maximum absolute atomic E-state index is 14.3. The van der Waals surface area contributed by atoms with Gasteiger partial charge in [0.25, 0.3) is 0 Å². The van der Waals surface area contributed by atoms with Gasteiger partial charge in [0.2, 0.25) is 0 Å². The Morgan fingerprint density at radius 2 is 1.83 bits per heavy atom. The summed E-state index contributed by atoms with van der Waals surface area (Å²) in [5.74, 6) is -0.875. The number of carboxylic acid groups (broad SMARTS) is 1. The summed E-state index contributed by atoms with van der Waals surface area (Å²) in [5, 5.41) is 16.9. The molecule has 7 rings (SSSR count). The fourth-order valence-corrected chi connectivity index (χ4v) is 6.00. The number of carboxylic acids is 1. The van der Waals surface area contributed by atoms with E-state index in [1.165, 1.54) is 6.07 Å². The van der Waals surface area contributed by atoms with Crippen molar-refractivity contribution in [2.45, 2.75) is 37.9 Å². The highest BCUT2D eigenvalue weighted by molar-refractivity contribution is 6.10. The number of H-pyrrole nitrogens is 1. The SMILES string of the molecule is O=C(O)C1C2CCC(CC2)C1NC1C=C(Oc2ccccc2)NC(c2c[nH]c3c(F)cc(F)cc23)=N1. The number of fused-ring (bicyclic) bond motifs is 4. The lowest BCUT2D eigenvalue weighted by Crippen LogP contribution is -2.57. The van der Waals surface area contributed by atoms with Crippen molar-refractivity contribution in [2.75, 3.05) is 0 Å². The summed E-state index contributed by atoms with van der Waals surface area (Å²) in [5.41, 5.74) is 0.661. The molecular formula is C27H26F2N4O3. The Kier molecular flexibility index (Phi) is 5.72. The van der Waals surface area contributed by atoms with E-state index in [1.54, 1.807) is 12.3 Å². The Morgan fingerprint density at radius 3 is 2.58 bits per heavy atom. The number of hydrogen-bond acceptors (Lipinski definition) is 5. The first-order chi connectivity index (χ1) is 17.5. The molecule has 9 heteroatoms. The lowest BCUT2D eigenvalue weighted by Gasteiger charge is -2.47. The van der Waals surface area contributed by atoms with Gasteiger partial charge in [-0.05, 0) is 55.7 Å². The lowest BCUT2D eigenvalue weighted by atomic mass is 9.61. The van der Waals surface area contributed by atoms with Crippen LogP contribution in [0.2, 0.25) is 0 Å². The molecule has 2 bridgehead atoms. The molecule has 4 N–H and O–H groups in total. The first kappa shape index (κ1) is 22.7. The maximum atomic E-state index is 14.3. The predicted octanol–water partition coefficient (Wildman–Crippen LogP) is 4.52. The average Bonchev–Trinajstić information content (AvgIpc) is 3.29. The van der Waals surface area contributed by atoms with Gasteiger partial charge >= 0.3 is 5.97 Å². The highest BCUT2D eigenvalue weighted by atomic mass is 19.1. The van der Waals surface area contributed by atoms with Crippen molar-refractivity contribution in [3.8, 4) is 5.75 Å². The summed E-state index contributed by atoms with van der Waals surface area (Å²) in [7, 11) is 0. The number of carbonyl (C=O) groups is 1. The van der Waals surface area contributed by atoms with Gasteiger partial charge in [-0.2, -0.15) is 0 Å². The molecule has 0 amide bonds. The fraction of sp³-hybridized carbons (Fsp3) is 0.333. The predicted molar refractivity (Wildman–Crippen MR) is 130 cm³/mol. The number of ether oxygens (including phenoxy) is 1. The molecule has 3 aromatic rings. The topological polar surface area (TPSA) is 98.7 Å². The van der Waals surface area contributed by atoms with Crippen LogP contribution in [-0.4, -0.2) is 34.1 Å². The molecule has 3 unspecified atom stereocenters. The number of nitrogens with one attached hydrogen (secondary N) is 3. The van der Waals surface area contributed by atoms with E-state index >= 15 is 0 Å². The Balaban J connectivity index is 1.36. The Hall–Kier alpha value is -3.72. The highest BCUT2D eigenvalue weighted by Crippen LogP contribution is 2.45. The third-order valence-corrected chi connectivity index (χ3v) is 7.62. The molecule has 1 aromatic heterocycles. The first-order valence-electron chi connectivity index (χ1n) is 12.2. The van der Waals surface area contributed by atoms with Gasteiger partial charge < -0.3 is 20.1 Å². The fourth-order valence-electron chi connectivity index (χ4n) is 6.00. The van der Waals surface area contributed by atoms with Crippen molar-refractivity contribution in [3.63, 3.8) is 0 Å². The molecule has 186 valence electrons. The summed E-state index contributed by atoms with van der Waals surface area (Å²) in [6.45, 7) is 0. The molecule has 4 aliphatic rings. The van der Waals surface area contributed by atoms with Crippen LogP contribution in [0.3, 0.4) is 0 Å². The number of benzene rings is 2. The molecule has 3 aliphatic carbocycles. The molecular weight excluding hydrogens is 466 g/mol. The third-order valence-electron chi connectivity index (χ3n) is 7.62. The average molecular weight is 493 g/mol. The van der Waals surface area contributed by atoms with Gasteiger partial charge in [0.1, 0.15) is 29.4 Å². The number of aliphatic carboxylic acids is 1. The number of rotatable bonds is 6. The standard InChI is InChI=1S/C27H26F2N4O3/c28-16-10-18-19(13-30-25(18)20(29)11-16)26-32-21(12-22(33-26)36-17-4-2-1-3-5-17)31-24-15-8-6-14(7-9-15)23(24)27(34)35/h1-5,10-15,21,23-24,30-31H,6-9H2,(H,32,33)(H,34,35). The molecule has 3 atom stereocenters. The minimum absolute atomic E-state index is 0.152. The number of amidine groups is 1. The van der Waals surface area contributed by atoms with Gasteiger partial charge in [0, 0.05) is 35.3 Å². The van der Waals surface area contributed by atoms with Crippen LogP contribution in [0.5, 0.6) is 5.75 Å². The second-order valence-electron chi connectivity index (χ2n) is 9.74. The van der Waals surface area contributed by atoms with Crippen LogP contribution in [0.1, 0.15) is 31.2 Å². The molecule has 36 heavy (non-hydrogen) atoms. The summed E-state index contributed by atoms with van der Waals surface area (Å²) in [6, 6.07) is 11.1. The van der Waals surface area contributed by atoms with Crippen molar-refractivity contribution in [3.05, 3.63) is 77.8 Å². The van der Waals surface area contributed by atoms with Crippen LogP contribution in [0, 0.1) is 29.4 Å². The van der Waals surface area contributed by atoms with Crippen LogP contribution in [-0.2, 0) is 4.79 Å². The van der Waals surface area contributed by atoms with Crippen molar-refractivity contribution in [2.24, 2.45) is 22.7 Å². The van der Waals surface area contributed by atoms with Crippen molar-refractivity contribution in [1.82, 2.24) is 15.6 Å². The highest BCUT2D eigenvalue weighted by Gasteiger charge is 2.47. The van der Waals surface area contributed by atoms with Crippen LogP contribution in [0.4, 0.5) is 8.78 Å². The first-order valence-corrected chi connectivity index (χ1v) is 12.2. The van der Waals surface area contributed by atoms with Gasteiger partial charge in [0.15, 0.2) is 5.88 Å². The Morgan fingerprint density at radius 1 is 1.08 bits per heavy atom. The maximum Gasteiger partial charge on any atom is 0.308 e. The molecule has 2 aromatic carbocycles. The van der Waals surface area contributed by atoms with Crippen LogP contribution >= 0.6 is 0 Å². The Bertz CT molecular complexity index is 1360.